The highest BCUT2D eigenvalue weighted by molar-refractivity contribution is 9.10. The minimum atomic E-state index is -0.512. The zero-order chi connectivity index (χ0) is 11.8. The van der Waals surface area contributed by atoms with E-state index in [1.54, 1.807) is 6.26 Å². The van der Waals surface area contributed by atoms with Crippen LogP contribution in [0.2, 0.25) is 0 Å². The van der Waals surface area contributed by atoms with Crippen LogP contribution in [0, 0.1) is 0 Å². The summed E-state index contributed by atoms with van der Waals surface area (Å²) >= 11 is 3.39. The molecule has 0 unspecified atom stereocenters. The van der Waals surface area contributed by atoms with E-state index in [1.807, 2.05) is 30.3 Å². The fraction of sp³-hybridized carbons (Fsp3) is 0.231. The Morgan fingerprint density at radius 2 is 2.18 bits per heavy atom. The second-order valence-corrected chi connectivity index (χ2v) is 4.97. The summed E-state index contributed by atoms with van der Waals surface area (Å²) in [7, 11) is 0. The summed E-state index contributed by atoms with van der Waals surface area (Å²) in [5, 5.41) is 10.1. The molecule has 17 heavy (non-hydrogen) atoms. The van der Waals surface area contributed by atoms with Crippen LogP contribution >= 0.6 is 15.9 Å². The maximum atomic E-state index is 10.1. The number of aliphatic hydroxyl groups excluding tert-OH is 1. The van der Waals surface area contributed by atoms with Crippen molar-refractivity contribution in [3.63, 3.8) is 0 Å². The van der Waals surface area contributed by atoms with Crippen LogP contribution < -0.4 is 4.74 Å². The van der Waals surface area contributed by atoms with E-state index in [-0.39, 0.29) is 6.10 Å². The molecule has 1 N–H and O–H groups in total. The van der Waals surface area contributed by atoms with Gasteiger partial charge in [0.15, 0.2) is 6.10 Å². The number of aliphatic hydroxyl groups is 1. The van der Waals surface area contributed by atoms with Crippen molar-refractivity contribution in [1.82, 2.24) is 0 Å². The molecule has 4 heteroatoms. The van der Waals surface area contributed by atoms with Crippen LogP contribution in [0.25, 0.3) is 0 Å². The van der Waals surface area contributed by atoms with Crippen molar-refractivity contribution >= 4 is 15.9 Å². The third-order valence-corrected chi connectivity index (χ3v) is 3.39. The normalized spacial score (nSPS) is 22.9. The Hall–Kier alpha value is -1.26. The topological polar surface area (TPSA) is 42.6 Å². The minimum Gasteiger partial charge on any atom is -0.482 e. The summed E-state index contributed by atoms with van der Waals surface area (Å²) in [6, 6.07) is 9.33. The number of benzene rings is 1. The zero-order valence-electron chi connectivity index (χ0n) is 8.97. The van der Waals surface area contributed by atoms with E-state index in [0.29, 0.717) is 12.2 Å². The molecule has 0 fully saturated rings. The van der Waals surface area contributed by atoms with E-state index >= 15 is 0 Å². The number of ether oxygens (including phenoxy) is 1. The molecular weight excluding hydrogens is 284 g/mol. The average Bonchev–Trinajstić information content (AvgIpc) is 2.81. The predicted molar refractivity (Wildman–Crippen MR) is 65.8 cm³/mol. The van der Waals surface area contributed by atoms with Crippen LogP contribution in [0.4, 0.5) is 0 Å². The van der Waals surface area contributed by atoms with Crippen molar-refractivity contribution in [1.29, 1.82) is 0 Å². The smallest absolute Gasteiger partial charge is 0.159 e. The predicted octanol–water partition coefficient (Wildman–Crippen LogP) is 3.60. The lowest BCUT2D eigenvalue weighted by atomic mass is 9.98. The van der Waals surface area contributed by atoms with E-state index < -0.39 is 6.10 Å². The van der Waals surface area contributed by atoms with E-state index in [9.17, 15) is 5.11 Å². The van der Waals surface area contributed by atoms with Crippen molar-refractivity contribution in [3.8, 4) is 5.75 Å². The van der Waals surface area contributed by atoms with Gasteiger partial charge in [0.2, 0.25) is 0 Å². The number of rotatable bonds is 1. The number of hydrogen-bond acceptors (Lipinski definition) is 3. The molecule has 2 aromatic rings. The quantitative estimate of drug-likeness (QED) is 0.874. The molecule has 88 valence electrons. The zero-order valence-corrected chi connectivity index (χ0v) is 10.6. The highest BCUT2D eigenvalue weighted by Gasteiger charge is 2.29. The molecule has 0 amide bonds. The van der Waals surface area contributed by atoms with E-state index in [4.69, 9.17) is 9.15 Å². The van der Waals surface area contributed by atoms with E-state index in [1.165, 1.54) is 0 Å². The number of halogens is 1. The number of furan rings is 1. The summed E-state index contributed by atoms with van der Waals surface area (Å²) < 4.78 is 12.1. The van der Waals surface area contributed by atoms with Crippen molar-refractivity contribution in [3.05, 3.63) is 52.4 Å². The maximum Gasteiger partial charge on any atom is 0.159 e. The summed E-state index contributed by atoms with van der Waals surface area (Å²) in [6.07, 6.45) is 1.40. The molecule has 0 saturated heterocycles. The SMILES string of the molecule is O[C@H]1C[C@@H](c2ccco2)Oc2cc(Br)ccc21. The molecule has 1 aromatic heterocycles. The molecule has 0 aliphatic carbocycles. The molecule has 1 aliphatic heterocycles. The van der Waals surface area contributed by atoms with Gasteiger partial charge in [0.25, 0.3) is 0 Å². The van der Waals surface area contributed by atoms with Gasteiger partial charge in [-0.1, -0.05) is 22.0 Å². The lowest BCUT2D eigenvalue weighted by Gasteiger charge is -2.28. The molecular formula is C13H11BrO3. The highest BCUT2D eigenvalue weighted by atomic mass is 79.9. The third-order valence-electron chi connectivity index (χ3n) is 2.90. The van der Waals surface area contributed by atoms with Gasteiger partial charge in [-0.05, 0) is 24.3 Å². The average molecular weight is 295 g/mol. The van der Waals surface area contributed by atoms with Gasteiger partial charge in [-0.3, -0.25) is 0 Å². The Bertz CT molecular complexity index is 521. The van der Waals surface area contributed by atoms with Crippen LogP contribution in [0.15, 0.2) is 45.5 Å². The lowest BCUT2D eigenvalue weighted by Crippen LogP contribution is -2.18. The maximum absolute atomic E-state index is 10.1. The molecule has 3 nitrogen and oxygen atoms in total. The summed E-state index contributed by atoms with van der Waals surface area (Å²) in [6.45, 7) is 0. The Morgan fingerprint density at radius 1 is 1.29 bits per heavy atom. The first-order valence-electron chi connectivity index (χ1n) is 5.41. The minimum absolute atomic E-state index is 0.221. The van der Waals surface area contributed by atoms with Gasteiger partial charge in [0.05, 0.1) is 12.4 Å². The van der Waals surface area contributed by atoms with Crippen molar-refractivity contribution < 1.29 is 14.3 Å². The van der Waals surface area contributed by atoms with E-state index in [2.05, 4.69) is 15.9 Å². The van der Waals surface area contributed by atoms with Crippen LogP contribution in [-0.2, 0) is 0 Å². The molecule has 3 rings (SSSR count). The summed E-state index contributed by atoms with van der Waals surface area (Å²) in [5.74, 6) is 1.45. The first-order chi connectivity index (χ1) is 8.24. The molecule has 0 radical (unpaired) electrons. The van der Waals surface area contributed by atoms with Crippen LogP contribution in [0.1, 0.15) is 30.0 Å². The monoisotopic (exact) mass is 294 g/mol. The first-order valence-corrected chi connectivity index (χ1v) is 6.21. The molecule has 1 aromatic carbocycles. The van der Waals surface area contributed by atoms with E-state index in [0.717, 1.165) is 15.8 Å². The molecule has 2 heterocycles. The van der Waals surface area contributed by atoms with Crippen molar-refractivity contribution in [2.75, 3.05) is 0 Å². The summed E-state index contributed by atoms with van der Waals surface area (Å²) in [5.41, 5.74) is 0.830. The van der Waals surface area contributed by atoms with Gasteiger partial charge in [-0.2, -0.15) is 0 Å². The standard InChI is InChI=1S/C13H11BrO3/c14-8-3-4-9-10(15)7-13(17-12(9)6-8)11-2-1-5-16-11/h1-6,10,13,15H,7H2/t10-,13-/m0/s1. The van der Waals surface area contributed by atoms with Crippen molar-refractivity contribution in [2.45, 2.75) is 18.6 Å². The number of hydrogen-bond donors (Lipinski definition) is 1. The van der Waals surface area contributed by atoms with Crippen LogP contribution in [0.3, 0.4) is 0 Å². The summed E-state index contributed by atoms with van der Waals surface area (Å²) in [4.78, 5) is 0. The fourth-order valence-corrected chi connectivity index (χ4v) is 2.41. The second kappa shape index (κ2) is 4.20. The van der Waals surface area contributed by atoms with Crippen LogP contribution in [-0.4, -0.2) is 5.11 Å². The molecule has 2 atom stereocenters. The lowest BCUT2D eigenvalue weighted by molar-refractivity contribution is 0.0546. The Balaban J connectivity index is 1.97. The van der Waals surface area contributed by atoms with Gasteiger partial charge < -0.3 is 14.3 Å². The fourth-order valence-electron chi connectivity index (χ4n) is 2.07. The third kappa shape index (κ3) is 1.98. The van der Waals surface area contributed by atoms with Crippen molar-refractivity contribution in [2.24, 2.45) is 0 Å². The molecule has 0 saturated carbocycles. The van der Waals surface area contributed by atoms with Gasteiger partial charge in [-0.25, -0.2) is 0 Å². The van der Waals surface area contributed by atoms with Gasteiger partial charge in [0.1, 0.15) is 11.5 Å². The number of fused-ring (bicyclic) bond motifs is 1. The molecule has 0 spiro atoms. The van der Waals surface area contributed by atoms with Gasteiger partial charge in [-0.15, -0.1) is 0 Å². The van der Waals surface area contributed by atoms with Gasteiger partial charge >= 0.3 is 0 Å². The Kier molecular flexibility index (Phi) is 2.68. The van der Waals surface area contributed by atoms with Gasteiger partial charge in [0, 0.05) is 16.5 Å². The highest BCUT2D eigenvalue weighted by Crippen LogP contribution is 2.41. The Morgan fingerprint density at radius 3 is 2.94 bits per heavy atom. The Labute approximate surface area is 107 Å². The molecule has 0 bridgehead atoms. The first kappa shape index (κ1) is 10.9. The van der Waals surface area contributed by atoms with Crippen LogP contribution in [0.5, 0.6) is 5.75 Å². The largest absolute Gasteiger partial charge is 0.482 e. The molecule has 1 aliphatic rings. The second-order valence-electron chi connectivity index (χ2n) is 4.06.